The highest BCUT2D eigenvalue weighted by atomic mass is 35.5. The average molecular weight is 285 g/mol. The largest absolute Gasteiger partial charge is 0.469 e. The number of halogens is 1. The summed E-state index contributed by atoms with van der Waals surface area (Å²) >= 11 is 6.00. The zero-order valence-electron chi connectivity index (χ0n) is 11.5. The number of benzene rings is 1. The van der Waals surface area contributed by atoms with Gasteiger partial charge >= 0.3 is 5.97 Å². The molecule has 0 aliphatic rings. The first-order valence-electron chi connectivity index (χ1n) is 6.55. The number of ether oxygens (including phenoxy) is 1. The van der Waals surface area contributed by atoms with Crippen molar-refractivity contribution in [2.75, 3.05) is 13.7 Å². The number of aliphatic hydroxyl groups is 1. The van der Waals surface area contributed by atoms with Gasteiger partial charge in [0.25, 0.3) is 0 Å². The first-order chi connectivity index (χ1) is 9.10. The molecule has 0 fully saturated rings. The van der Waals surface area contributed by atoms with E-state index in [0.717, 1.165) is 36.8 Å². The van der Waals surface area contributed by atoms with Gasteiger partial charge in [-0.15, -0.1) is 0 Å². The number of esters is 1. The molecule has 0 bridgehead atoms. The van der Waals surface area contributed by atoms with Crippen molar-refractivity contribution >= 4 is 17.6 Å². The minimum atomic E-state index is -0.250. The standard InChI is InChI=1S/C15H21ClO3/c1-11-10-12(7-8-14(11)16)13(15(18)19-2)6-4-3-5-9-17/h7-8,10,13,17H,3-6,9H2,1-2H3. The summed E-state index contributed by atoms with van der Waals surface area (Å²) in [7, 11) is 1.41. The van der Waals surface area contributed by atoms with E-state index in [4.69, 9.17) is 21.4 Å². The maximum absolute atomic E-state index is 11.9. The van der Waals surface area contributed by atoms with Crippen LogP contribution in [-0.2, 0) is 9.53 Å². The zero-order valence-corrected chi connectivity index (χ0v) is 12.2. The van der Waals surface area contributed by atoms with Crippen LogP contribution >= 0.6 is 11.6 Å². The highest BCUT2D eigenvalue weighted by Crippen LogP contribution is 2.27. The second kappa shape index (κ2) is 8.18. The molecule has 0 amide bonds. The number of hydrogen-bond donors (Lipinski definition) is 1. The molecule has 1 unspecified atom stereocenters. The van der Waals surface area contributed by atoms with Gasteiger partial charge < -0.3 is 9.84 Å². The Morgan fingerprint density at radius 1 is 1.37 bits per heavy atom. The van der Waals surface area contributed by atoms with E-state index in [1.54, 1.807) is 0 Å². The van der Waals surface area contributed by atoms with Crippen molar-refractivity contribution in [2.24, 2.45) is 0 Å². The Morgan fingerprint density at radius 2 is 2.11 bits per heavy atom. The molecule has 3 nitrogen and oxygen atoms in total. The third-order valence-corrected chi connectivity index (χ3v) is 3.65. The molecule has 1 aromatic carbocycles. The van der Waals surface area contributed by atoms with Gasteiger partial charge in [-0.2, -0.15) is 0 Å². The van der Waals surface area contributed by atoms with Crippen LogP contribution in [0.4, 0.5) is 0 Å². The molecule has 0 saturated heterocycles. The van der Waals surface area contributed by atoms with Gasteiger partial charge in [-0.05, 0) is 37.0 Å². The third-order valence-electron chi connectivity index (χ3n) is 3.22. The van der Waals surface area contributed by atoms with Gasteiger partial charge in [0, 0.05) is 11.6 Å². The van der Waals surface area contributed by atoms with E-state index >= 15 is 0 Å². The van der Waals surface area contributed by atoms with E-state index in [1.807, 2.05) is 25.1 Å². The quantitative estimate of drug-likeness (QED) is 0.616. The molecule has 0 aliphatic heterocycles. The molecule has 1 N–H and O–H groups in total. The summed E-state index contributed by atoms with van der Waals surface area (Å²) in [4.78, 5) is 11.9. The highest BCUT2D eigenvalue weighted by Gasteiger charge is 2.21. The van der Waals surface area contributed by atoms with Crippen molar-refractivity contribution in [3.05, 3.63) is 34.3 Å². The first-order valence-corrected chi connectivity index (χ1v) is 6.92. The lowest BCUT2D eigenvalue weighted by Crippen LogP contribution is -2.14. The molecule has 0 aromatic heterocycles. The van der Waals surface area contributed by atoms with Gasteiger partial charge in [-0.25, -0.2) is 0 Å². The van der Waals surface area contributed by atoms with E-state index in [2.05, 4.69) is 0 Å². The zero-order chi connectivity index (χ0) is 14.3. The van der Waals surface area contributed by atoms with Crippen LogP contribution in [0, 0.1) is 6.92 Å². The summed E-state index contributed by atoms with van der Waals surface area (Å²) < 4.78 is 4.87. The Hall–Kier alpha value is -1.06. The van der Waals surface area contributed by atoms with Gasteiger partial charge in [-0.1, -0.05) is 36.6 Å². The van der Waals surface area contributed by atoms with Crippen LogP contribution in [-0.4, -0.2) is 24.8 Å². The lowest BCUT2D eigenvalue weighted by atomic mass is 9.92. The predicted molar refractivity (Wildman–Crippen MR) is 76.5 cm³/mol. The van der Waals surface area contributed by atoms with Crippen molar-refractivity contribution < 1.29 is 14.6 Å². The molecule has 0 radical (unpaired) electrons. The molecule has 1 aromatic rings. The van der Waals surface area contributed by atoms with E-state index in [1.165, 1.54) is 7.11 Å². The highest BCUT2D eigenvalue weighted by molar-refractivity contribution is 6.31. The number of hydrogen-bond acceptors (Lipinski definition) is 3. The first kappa shape index (κ1) is 16.0. The fourth-order valence-electron chi connectivity index (χ4n) is 2.08. The molecular formula is C15H21ClO3. The van der Waals surface area contributed by atoms with Crippen molar-refractivity contribution in [3.63, 3.8) is 0 Å². The fourth-order valence-corrected chi connectivity index (χ4v) is 2.20. The molecule has 4 heteroatoms. The molecule has 0 spiro atoms. The van der Waals surface area contributed by atoms with Crippen LogP contribution in [0.1, 0.15) is 42.7 Å². The van der Waals surface area contributed by atoms with Crippen LogP contribution in [0.5, 0.6) is 0 Å². The van der Waals surface area contributed by atoms with Crippen molar-refractivity contribution in [2.45, 2.75) is 38.5 Å². The van der Waals surface area contributed by atoms with Crippen molar-refractivity contribution in [1.29, 1.82) is 0 Å². The normalized spacial score (nSPS) is 12.2. The molecular weight excluding hydrogens is 264 g/mol. The molecule has 1 atom stereocenters. The van der Waals surface area contributed by atoms with Crippen LogP contribution in [0.3, 0.4) is 0 Å². The number of rotatable bonds is 7. The van der Waals surface area contributed by atoms with Gasteiger partial charge in [0.15, 0.2) is 0 Å². The summed E-state index contributed by atoms with van der Waals surface area (Å²) in [6.07, 6.45) is 3.31. The Balaban J connectivity index is 2.78. The lowest BCUT2D eigenvalue weighted by Gasteiger charge is -2.16. The third kappa shape index (κ3) is 4.84. The second-order valence-corrected chi connectivity index (χ2v) is 5.06. The van der Waals surface area contributed by atoms with Crippen LogP contribution < -0.4 is 0 Å². The number of unbranched alkanes of at least 4 members (excludes halogenated alkanes) is 2. The van der Waals surface area contributed by atoms with Gasteiger partial charge in [-0.3, -0.25) is 4.79 Å². The van der Waals surface area contributed by atoms with Crippen molar-refractivity contribution in [3.8, 4) is 0 Å². The molecule has 19 heavy (non-hydrogen) atoms. The van der Waals surface area contributed by atoms with Gasteiger partial charge in [0.1, 0.15) is 0 Å². The summed E-state index contributed by atoms with van der Waals surface area (Å²) in [6, 6.07) is 5.63. The number of aliphatic hydroxyl groups excluding tert-OH is 1. The van der Waals surface area contributed by atoms with E-state index in [9.17, 15) is 4.79 Å². The maximum Gasteiger partial charge on any atom is 0.313 e. The number of aryl methyl sites for hydroxylation is 1. The van der Waals surface area contributed by atoms with E-state index in [-0.39, 0.29) is 18.5 Å². The summed E-state index contributed by atoms with van der Waals surface area (Å²) in [5.41, 5.74) is 1.90. The summed E-state index contributed by atoms with van der Waals surface area (Å²) in [6.45, 7) is 2.12. The van der Waals surface area contributed by atoms with Gasteiger partial charge in [0.05, 0.1) is 13.0 Å². The molecule has 0 saturated carbocycles. The van der Waals surface area contributed by atoms with Crippen LogP contribution in [0.25, 0.3) is 0 Å². The maximum atomic E-state index is 11.9. The molecule has 0 heterocycles. The van der Waals surface area contributed by atoms with E-state index in [0.29, 0.717) is 5.02 Å². The second-order valence-electron chi connectivity index (χ2n) is 4.66. The average Bonchev–Trinajstić information content (AvgIpc) is 2.41. The molecule has 106 valence electrons. The smallest absolute Gasteiger partial charge is 0.313 e. The monoisotopic (exact) mass is 284 g/mol. The Labute approximate surface area is 119 Å². The molecule has 0 aliphatic carbocycles. The Morgan fingerprint density at radius 3 is 2.68 bits per heavy atom. The number of carbonyl (C=O) groups excluding carboxylic acids is 1. The van der Waals surface area contributed by atoms with Crippen molar-refractivity contribution in [1.82, 2.24) is 0 Å². The lowest BCUT2D eigenvalue weighted by molar-refractivity contribution is -0.142. The topological polar surface area (TPSA) is 46.5 Å². The SMILES string of the molecule is COC(=O)C(CCCCCO)c1ccc(Cl)c(C)c1. The Kier molecular flexibility index (Phi) is 6.89. The summed E-state index contributed by atoms with van der Waals surface area (Å²) in [5, 5.41) is 9.47. The number of carbonyl (C=O) groups is 1. The van der Waals surface area contributed by atoms with Gasteiger partial charge in [0.2, 0.25) is 0 Å². The minimum absolute atomic E-state index is 0.197. The Bertz CT molecular complexity index is 418. The minimum Gasteiger partial charge on any atom is -0.469 e. The predicted octanol–water partition coefficient (Wildman–Crippen LogP) is 3.46. The van der Waals surface area contributed by atoms with Crippen LogP contribution in [0.2, 0.25) is 5.02 Å². The number of methoxy groups -OCH3 is 1. The van der Waals surface area contributed by atoms with E-state index < -0.39 is 0 Å². The van der Waals surface area contributed by atoms with Crippen LogP contribution in [0.15, 0.2) is 18.2 Å². The molecule has 1 rings (SSSR count). The fraction of sp³-hybridized carbons (Fsp3) is 0.533. The summed E-state index contributed by atoms with van der Waals surface area (Å²) in [5.74, 6) is -0.467.